The number of carbonyl (C=O) groups excluding carboxylic acids is 2. The van der Waals surface area contributed by atoms with Crippen LogP contribution in [0.1, 0.15) is 31.8 Å². The number of carbonyl (C=O) groups is 2. The van der Waals surface area contributed by atoms with Crippen LogP contribution < -0.4 is 10.7 Å². The summed E-state index contributed by atoms with van der Waals surface area (Å²) < 4.78 is 4.89. The van der Waals surface area contributed by atoms with E-state index in [0.717, 1.165) is 16.9 Å². The number of hydrogen-bond donors (Lipinski definition) is 3. The van der Waals surface area contributed by atoms with Crippen molar-refractivity contribution < 1.29 is 19.4 Å². The normalized spacial score (nSPS) is 11.1. The van der Waals surface area contributed by atoms with E-state index in [1.807, 2.05) is 0 Å². The summed E-state index contributed by atoms with van der Waals surface area (Å²) in [5.74, 6) is -0.691. The number of nitrogens with zero attached hydrogens (tertiary/aromatic N) is 1. The molecule has 0 bridgehead atoms. The van der Waals surface area contributed by atoms with Crippen molar-refractivity contribution in [2.24, 2.45) is 5.10 Å². The van der Waals surface area contributed by atoms with Gasteiger partial charge in [0.2, 0.25) is 0 Å². The van der Waals surface area contributed by atoms with Gasteiger partial charge < -0.3 is 15.2 Å². The van der Waals surface area contributed by atoms with Crippen LogP contribution in [0.2, 0.25) is 10.0 Å². The van der Waals surface area contributed by atoms with E-state index in [1.54, 1.807) is 49.7 Å². The fraction of sp³-hybridized carbons (Fsp3) is 0.190. The second-order valence-corrected chi connectivity index (χ2v) is 9.28. The Kier molecular flexibility index (Phi) is 11.5. The van der Waals surface area contributed by atoms with Gasteiger partial charge >= 0.3 is 0 Å². The molecule has 0 saturated heterocycles. The molecule has 3 rings (SSSR count). The Hall–Kier alpha value is -0.794. The summed E-state index contributed by atoms with van der Waals surface area (Å²) in [5, 5.41) is 20.0. The third kappa shape index (κ3) is 7.34. The molecule has 3 aromatic rings. The van der Waals surface area contributed by atoms with Crippen LogP contribution in [-0.4, -0.2) is 94.3 Å². The van der Waals surface area contributed by atoms with Crippen molar-refractivity contribution in [3.05, 3.63) is 61.1 Å². The van der Waals surface area contributed by atoms with Gasteiger partial charge in [-0.15, -0.1) is 22.7 Å². The van der Waals surface area contributed by atoms with Crippen LogP contribution >= 0.6 is 45.9 Å². The molecule has 3 N–H and O–H groups in total. The van der Waals surface area contributed by atoms with Crippen LogP contribution in [0.25, 0.3) is 10.4 Å². The molecule has 0 fully saturated rings. The van der Waals surface area contributed by atoms with E-state index < -0.39 is 5.91 Å². The number of hydrazone groups is 1. The molecule has 7 nitrogen and oxygen atoms in total. The molecule has 0 spiro atoms. The van der Waals surface area contributed by atoms with Crippen LogP contribution in [0.5, 0.6) is 5.75 Å². The van der Waals surface area contributed by atoms with Crippen LogP contribution in [0.4, 0.5) is 0 Å². The zero-order valence-corrected chi connectivity index (χ0v) is 24.3. The predicted molar refractivity (Wildman–Crippen MR) is 135 cm³/mol. The average molecular weight is 552 g/mol. The standard InChI is InChI=1S/C21H19Cl2N3O4S2.K/c1-11(13-10-31-19(18(13)27)12-3-4-14(22)15(23)9-12)25-26-21(29)17-6-5-16(32-17)20(28)24-7-8-30-2;/h3-6,9-10,27H,7-8H2,1-2H3,(H,24,28)(H,26,29);. The molecule has 169 valence electrons. The van der Waals surface area contributed by atoms with Gasteiger partial charge in [0.25, 0.3) is 11.8 Å². The summed E-state index contributed by atoms with van der Waals surface area (Å²) >= 11 is 14.4. The minimum absolute atomic E-state index is 0. The number of benzene rings is 1. The Morgan fingerprint density at radius 3 is 2.48 bits per heavy atom. The monoisotopic (exact) mass is 550 g/mol. The first-order valence-corrected chi connectivity index (χ1v) is 11.7. The van der Waals surface area contributed by atoms with Crippen molar-refractivity contribution in [1.82, 2.24) is 10.7 Å². The minimum Gasteiger partial charge on any atom is -0.506 e. The van der Waals surface area contributed by atoms with E-state index >= 15 is 0 Å². The van der Waals surface area contributed by atoms with Gasteiger partial charge in [0.15, 0.2) is 0 Å². The van der Waals surface area contributed by atoms with Crippen LogP contribution in [0.15, 0.2) is 40.8 Å². The fourth-order valence-electron chi connectivity index (χ4n) is 2.64. The number of amides is 2. The maximum atomic E-state index is 12.4. The number of nitrogens with one attached hydrogen (secondary N) is 2. The van der Waals surface area contributed by atoms with Gasteiger partial charge in [-0.1, -0.05) is 29.3 Å². The van der Waals surface area contributed by atoms with Crippen molar-refractivity contribution in [2.45, 2.75) is 6.92 Å². The van der Waals surface area contributed by atoms with E-state index in [-0.39, 0.29) is 63.0 Å². The summed E-state index contributed by atoms with van der Waals surface area (Å²) in [5.41, 5.74) is 4.09. The number of rotatable bonds is 8. The van der Waals surface area contributed by atoms with Crippen molar-refractivity contribution in [3.63, 3.8) is 0 Å². The first kappa shape index (κ1) is 28.4. The number of ether oxygens (including phenoxy) is 1. The molecule has 0 saturated carbocycles. The number of methoxy groups -OCH3 is 1. The van der Waals surface area contributed by atoms with Crippen molar-refractivity contribution in [3.8, 4) is 16.2 Å². The molecule has 1 aromatic carbocycles. The summed E-state index contributed by atoms with van der Waals surface area (Å²) in [6, 6.07) is 8.23. The van der Waals surface area contributed by atoms with Gasteiger partial charge in [0, 0.05) is 70.4 Å². The molecule has 2 heterocycles. The van der Waals surface area contributed by atoms with Gasteiger partial charge in [-0.25, -0.2) is 5.43 Å². The molecular weight excluding hydrogens is 532 g/mol. The van der Waals surface area contributed by atoms with Crippen molar-refractivity contribution in [2.75, 3.05) is 20.3 Å². The molecule has 0 aliphatic rings. The molecule has 1 radical (unpaired) electrons. The first-order chi connectivity index (χ1) is 15.3. The summed E-state index contributed by atoms with van der Waals surface area (Å²) in [6.07, 6.45) is 0. The van der Waals surface area contributed by atoms with E-state index in [4.69, 9.17) is 27.9 Å². The predicted octanol–water partition coefficient (Wildman–Crippen LogP) is 4.64. The van der Waals surface area contributed by atoms with Crippen molar-refractivity contribution >= 4 is 115 Å². The molecule has 2 aromatic heterocycles. The minimum atomic E-state index is -0.454. The fourth-order valence-corrected chi connectivity index (χ4v) is 4.75. The van der Waals surface area contributed by atoms with E-state index in [9.17, 15) is 14.7 Å². The first-order valence-electron chi connectivity index (χ1n) is 9.29. The smallest absolute Gasteiger partial charge is 0.281 e. The van der Waals surface area contributed by atoms with E-state index in [0.29, 0.717) is 49.1 Å². The Balaban J connectivity index is 0.00000385. The zero-order chi connectivity index (χ0) is 23.3. The quantitative estimate of drug-likeness (QED) is 0.164. The van der Waals surface area contributed by atoms with Gasteiger partial charge in [-0.2, -0.15) is 5.10 Å². The van der Waals surface area contributed by atoms with Gasteiger partial charge in [0.05, 0.1) is 42.6 Å². The maximum Gasteiger partial charge on any atom is 0.281 e. The molecule has 0 aliphatic heterocycles. The molecule has 0 atom stereocenters. The van der Waals surface area contributed by atoms with E-state index in [2.05, 4.69) is 15.8 Å². The van der Waals surface area contributed by atoms with Gasteiger partial charge in [0.1, 0.15) is 5.75 Å². The number of hydrogen-bond acceptors (Lipinski definition) is 7. The molecule has 0 aliphatic carbocycles. The second kappa shape index (κ2) is 13.3. The van der Waals surface area contributed by atoms with Crippen molar-refractivity contribution in [1.29, 1.82) is 0 Å². The second-order valence-electron chi connectivity index (χ2n) is 6.51. The SMILES string of the molecule is COCCNC(=O)c1ccc(C(=O)NN=C(C)c2csc(-c3ccc(Cl)c(Cl)c3)c2O)s1.[K]. The van der Waals surface area contributed by atoms with Crippen LogP contribution in [-0.2, 0) is 4.74 Å². The Bertz CT molecular complexity index is 1180. The molecular formula is C21H19Cl2KN3O4S2. The molecule has 33 heavy (non-hydrogen) atoms. The molecule has 0 unspecified atom stereocenters. The van der Waals surface area contributed by atoms with Crippen LogP contribution in [0, 0.1) is 0 Å². The number of halogens is 2. The Labute approximate surface area is 251 Å². The topological polar surface area (TPSA) is 100 Å². The summed E-state index contributed by atoms with van der Waals surface area (Å²) in [7, 11) is 1.55. The number of aromatic hydroxyl groups is 1. The van der Waals surface area contributed by atoms with E-state index in [1.165, 1.54) is 11.3 Å². The van der Waals surface area contributed by atoms with Gasteiger partial charge in [-0.05, 0) is 36.8 Å². The summed E-state index contributed by atoms with van der Waals surface area (Å²) in [6.45, 7) is 2.46. The Morgan fingerprint density at radius 2 is 1.82 bits per heavy atom. The van der Waals surface area contributed by atoms with Crippen LogP contribution in [0.3, 0.4) is 0 Å². The molecule has 12 heteroatoms. The third-order valence-corrected chi connectivity index (χ3v) is 7.15. The zero-order valence-electron chi connectivity index (χ0n) is 18.1. The van der Waals surface area contributed by atoms with Gasteiger partial charge in [-0.3, -0.25) is 9.59 Å². The Morgan fingerprint density at radius 1 is 1.12 bits per heavy atom. The maximum absolute atomic E-state index is 12.4. The number of thiophene rings is 2. The largest absolute Gasteiger partial charge is 0.506 e. The average Bonchev–Trinajstić information content (AvgIpc) is 3.41. The third-order valence-electron chi connectivity index (χ3n) is 4.31. The molecule has 2 amide bonds. The summed E-state index contributed by atoms with van der Waals surface area (Å²) in [4.78, 5) is 25.8.